The molecule has 90 valence electrons. The minimum Gasteiger partial charge on any atom is -0.396 e. The van der Waals surface area contributed by atoms with Gasteiger partial charge in [-0.3, -0.25) is 4.90 Å². The van der Waals surface area contributed by atoms with Gasteiger partial charge in [0.05, 0.1) is 6.61 Å². The number of aliphatic hydroxyl groups excluding tert-OH is 1. The maximum atomic E-state index is 8.85. The molecule has 0 aliphatic rings. The van der Waals surface area contributed by atoms with Crippen LogP contribution >= 0.6 is 0 Å². The summed E-state index contributed by atoms with van der Waals surface area (Å²) in [5.74, 6) is 0. The lowest BCUT2D eigenvalue weighted by Gasteiger charge is -2.21. The van der Waals surface area contributed by atoms with Crippen molar-refractivity contribution in [3.63, 3.8) is 0 Å². The summed E-state index contributed by atoms with van der Waals surface area (Å²) in [5, 5.41) is 8.85. The molecule has 1 N–H and O–H groups in total. The first-order valence-corrected chi connectivity index (χ1v) is 5.73. The van der Waals surface area contributed by atoms with Crippen molar-refractivity contribution in [1.29, 1.82) is 0 Å². The molecule has 1 aromatic rings. The molecule has 0 aromatic heterocycles. The fraction of sp³-hybridized carbons (Fsp3) is 0.538. The van der Waals surface area contributed by atoms with Crippen molar-refractivity contribution in [1.82, 2.24) is 4.90 Å². The Labute approximate surface area is 97.7 Å². The molecule has 0 aliphatic heterocycles. The number of rotatable bonds is 8. The van der Waals surface area contributed by atoms with Crippen LogP contribution in [0.15, 0.2) is 30.3 Å². The number of hydrogen-bond donors (Lipinski definition) is 1. The molecule has 1 aromatic carbocycles. The fourth-order valence-electron chi connectivity index (χ4n) is 1.63. The van der Waals surface area contributed by atoms with Gasteiger partial charge in [0.1, 0.15) is 0 Å². The van der Waals surface area contributed by atoms with E-state index in [0.717, 1.165) is 32.7 Å². The van der Waals surface area contributed by atoms with E-state index in [2.05, 4.69) is 29.2 Å². The van der Waals surface area contributed by atoms with Gasteiger partial charge in [0.2, 0.25) is 0 Å². The maximum Gasteiger partial charge on any atom is 0.0589 e. The van der Waals surface area contributed by atoms with E-state index in [1.807, 2.05) is 6.07 Å². The van der Waals surface area contributed by atoms with Gasteiger partial charge >= 0.3 is 0 Å². The molecule has 0 saturated carbocycles. The largest absolute Gasteiger partial charge is 0.396 e. The van der Waals surface area contributed by atoms with Crippen molar-refractivity contribution in [2.75, 3.05) is 33.4 Å². The van der Waals surface area contributed by atoms with Gasteiger partial charge < -0.3 is 9.84 Å². The first-order chi connectivity index (χ1) is 7.86. The first kappa shape index (κ1) is 13.2. The number of hydrogen-bond acceptors (Lipinski definition) is 3. The topological polar surface area (TPSA) is 32.7 Å². The van der Waals surface area contributed by atoms with Crippen LogP contribution in [-0.4, -0.2) is 43.4 Å². The third kappa shape index (κ3) is 5.26. The number of methoxy groups -OCH3 is 1. The van der Waals surface area contributed by atoms with Crippen LogP contribution in [0.25, 0.3) is 0 Å². The molecular weight excluding hydrogens is 202 g/mol. The van der Waals surface area contributed by atoms with E-state index in [1.165, 1.54) is 5.56 Å². The lowest BCUT2D eigenvalue weighted by Crippen LogP contribution is -2.28. The van der Waals surface area contributed by atoms with Crippen LogP contribution in [0.5, 0.6) is 0 Å². The van der Waals surface area contributed by atoms with E-state index in [4.69, 9.17) is 9.84 Å². The zero-order valence-corrected chi connectivity index (χ0v) is 9.93. The van der Waals surface area contributed by atoms with Crippen molar-refractivity contribution >= 4 is 0 Å². The number of aliphatic hydroxyl groups is 1. The molecule has 1 rings (SSSR count). The summed E-state index contributed by atoms with van der Waals surface area (Å²) in [6.07, 6.45) is 0.816. The average Bonchev–Trinajstić information content (AvgIpc) is 2.34. The maximum absolute atomic E-state index is 8.85. The summed E-state index contributed by atoms with van der Waals surface area (Å²) in [4.78, 5) is 2.30. The molecule has 0 fully saturated rings. The highest BCUT2D eigenvalue weighted by Gasteiger charge is 2.04. The van der Waals surface area contributed by atoms with Gasteiger partial charge in [0, 0.05) is 33.4 Å². The Balaban J connectivity index is 2.42. The second-order valence-electron chi connectivity index (χ2n) is 3.83. The molecular formula is C13H21NO2. The van der Waals surface area contributed by atoms with E-state index in [-0.39, 0.29) is 6.61 Å². The van der Waals surface area contributed by atoms with E-state index in [9.17, 15) is 0 Å². The van der Waals surface area contributed by atoms with Gasteiger partial charge in [-0.1, -0.05) is 30.3 Å². The average molecular weight is 223 g/mol. The monoisotopic (exact) mass is 223 g/mol. The molecule has 16 heavy (non-hydrogen) atoms. The molecule has 3 nitrogen and oxygen atoms in total. The molecule has 0 amide bonds. The molecule has 3 heteroatoms. The Bertz CT molecular complexity index is 256. The SMILES string of the molecule is COCCN(CCCO)Cc1ccccc1. The highest BCUT2D eigenvalue weighted by atomic mass is 16.5. The lowest BCUT2D eigenvalue weighted by molar-refractivity contribution is 0.137. The Hall–Kier alpha value is -0.900. The van der Waals surface area contributed by atoms with Gasteiger partial charge in [0.25, 0.3) is 0 Å². The van der Waals surface area contributed by atoms with Crippen molar-refractivity contribution in [2.45, 2.75) is 13.0 Å². The normalized spacial score (nSPS) is 10.9. The molecule has 0 bridgehead atoms. The first-order valence-electron chi connectivity index (χ1n) is 5.73. The molecule has 0 radical (unpaired) electrons. The summed E-state index contributed by atoms with van der Waals surface area (Å²) in [6, 6.07) is 10.4. The third-order valence-electron chi connectivity index (χ3n) is 2.49. The van der Waals surface area contributed by atoms with Crippen LogP contribution in [0.4, 0.5) is 0 Å². The van der Waals surface area contributed by atoms with E-state index < -0.39 is 0 Å². The summed E-state index contributed by atoms with van der Waals surface area (Å²) < 4.78 is 5.09. The predicted octanol–water partition coefficient (Wildman–Crippen LogP) is 1.52. The van der Waals surface area contributed by atoms with Gasteiger partial charge in [0.15, 0.2) is 0 Å². The van der Waals surface area contributed by atoms with Crippen molar-refractivity contribution < 1.29 is 9.84 Å². The van der Waals surface area contributed by atoms with Gasteiger partial charge in [-0.15, -0.1) is 0 Å². The minimum absolute atomic E-state index is 0.248. The Kier molecular flexibility index (Phi) is 6.81. The number of ether oxygens (including phenoxy) is 1. The standard InChI is InChI=1S/C13H21NO2/c1-16-11-9-14(8-5-10-15)12-13-6-3-2-4-7-13/h2-4,6-7,15H,5,8-12H2,1H3. The van der Waals surface area contributed by atoms with Crippen LogP contribution < -0.4 is 0 Å². The zero-order chi connectivity index (χ0) is 11.6. The Morgan fingerprint density at radius 1 is 1.19 bits per heavy atom. The minimum atomic E-state index is 0.248. The molecule has 0 atom stereocenters. The van der Waals surface area contributed by atoms with Crippen LogP contribution in [0, 0.1) is 0 Å². The summed E-state index contributed by atoms with van der Waals surface area (Å²) in [7, 11) is 1.72. The second kappa shape index (κ2) is 8.28. The van der Waals surface area contributed by atoms with Gasteiger partial charge in [-0.05, 0) is 12.0 Å². The lowest BCUT2D eigenvalue weighted by atomic mass is 10.2. The summed E-state index contributed by atoms with van der Waals surface area (Å²) in [6.45, 7) is 3.72. The van der Waals surface area contributed by atoms with E-state index in [1.54, 1.807) is 7.11 Å². The zero-order valence-electron chi connectivity index (χ0n) is 9.93. The molecule has 0 unspecified atom stereocenters. The van der Waals surface area contributed by atoms with Gasteiger partial charge in [-0.2, -0.15) is 0 Å². The van der Waals surface area contributed by atoms with E-state index >= 15 is 0 Å². The van der Waals surface area contributed by atoms with Crippen molar-refractivity contribution in [3.8, 4) is 0 Å². The van der Waals surface area contributed by atoms with Crippen LogP contribution in [-0.2, 0) is 11.3 Å². The number of nitrogens with zero attached hydrogens (tertiary/aromatic N) is 1. The van der Waals surface area contributed by atoms with E-state index in [0.29, 0.717) is 0 Å². The molecule has 0 heterocycles. The molecule has 0 aliphatic carbocycles. The third-order valence-corrected chi connectivity index (χ3v) is 2.49. The van der Waals surface area contributed by atoms with Crippen LogP contribution in [0.2, 0.25) is 0 Å². The quantitative estimate of drug-likeness (QED) is 0.725. The fourth-order valence-corrected chi connectivity index (χ4v) is 1.63. The van der Waals surface area contributed by atoms with Crippen LogP contribution in [0.1, 0.15) is 12.0 Å². The molecule has 0 spiro atoms. The van der Waals surface area contributed by atoms with Crippen LogP contribution in [0.3, 0.4) is 0 Å². The summed E-state index contributed by atoms with van der Waals surface area (Å²) >= 11 is 0. The Morgan fingerprint density at radius 3 is 2.56 bits per heavy atom. The second-order valence-corrected chi connectivity index (χ2v) is 3.83. The summed E-state index contributed by atoms with van der Waals surface area (Å²) in [5.41, 5.74) is 1.30. The predicted molar refractivity (Wildman–Crippen MR) is 65.3 cm³/mol. The number of benzene rings is 1. The van der Waals surface area contributed by atoms with Gasteiger partial charge in [-0.25, -0.2) is 0 Å². The highest BCUT2D eigenvalue weighted by molar-refractivity contribution is 5.14. The molecule has 0 saturated heterocycles. The van der Waals surface area contributed by atoms with Crippen molar-refractivity contribution in [2.24, 2.45) is 0 Å². The Morgan fingerprint density at radius 2 is 1.94 bits per heavy atom. The highest BCUT2D eigenvalue weighted by Crippen LogP contribution is 2.04. The van der Waals surface area contributed by atoms with Crippen molar-refractivity contribution in [3.05, 3.63) is 35.9 Å². The smallest absolute Gasteiger partial charge is 0.0589 e.